The largest absolute Gasteiger partial charge is 0.488 e. The van der Waals surface area contributed by atoms with Crippen LogP contribution in [0, 0.1) is 10.1 Å². The summed E-state index contributed by atoms with van der Waals surface area (Å²) in [6.07, 6.45) is 1.17. The summed E-state index contributed by atoms with van der Waals surface area (Å²) in [5.74, 6) is -0.808. The van der Waals surface area contributed by atoms with Gasteiger partial charge < -0.3 is 9.47 Å². The second-order valence-electron chi connectivity index (χ2n) is 7.20. The number of rotatable bonds is 8. The number of nitro benzene ring substituents is 1. The highest BCUT2D eigenvalue weighted by Gasteiger charge is 2.37. The Morgan fingerprint density at radius 1 is 1.21 bits per heavy atom. The van der Waals surface area contributed by atoms with Crippen LogP contribution < -0.4 is 4.74 Å². The highest BCUT2D eigenvalue weighted by atomic mass is 79.9. The first-order valence-electron chi connectivity index (χ1n) is 9.74. The molecule has 0 atom stereocenters. The van der Waals surface area contributed by atoms with E-state index in [1.165, 1.54) is 18.2 Å². The molecule has 2 amide bonds. The van der Waals surface area contributed by atoms with E-state index in [1.54, 1.807) is 44.2 Å². The van der Waals surface area contributed by atoms with Crippen LogP contribution in [0.1, 0.15) is 25.0 Å². The number of halogens is 1. The summed E-state index contributed by atoms with van der Waals surface area (Å²) < 4.78 is 11.6. The van der Waals surface area contributed by atoms with E-state index in [2.05, 4.69) is 15.9 Å². The minimum Gasteiger partial charge on any atom is -0.488 e. The van der Waals surface area contributed by atoms with Gasteiger partial charge >= 0.3 is 5.97 Å². The molecule has 1 fully saturated rings. The second kappa shape index (κ2) is 10.6. The molecule has 0 radical (unpaired) electrons. The van der Waals surface area contributed by atoms with Gasteiger partial charge in [0.1, 0.15) is 18.9 Å². The summed E-state index contributed by atoms with van der Waals surface area (Å²) in [6.45, 7) is 3.04. The van der Waals surface area contributed by atoms with Gasteiger partial charge in [0.2, 0.25) is 0 Å². The number of carbonyl (C=O) groups excluding carboxylic acids is 3. The van der Waals surface area contributed by atoms with Crippen molar-refractivity contribution in [1.82, 2.24) is 4.90 Å². The topological polar surface area (TPSA) is 116 Å². The average Bonchev–Trinajstić information content (AvgIpc) is 3.00. The smallest absolute Gasteiger partial charge is 0.326 e. The third-order valence-corrected chi connectivity index (χ3v) is 5.73. The van der Waals surface area contributed by atoms with Gasteiger partial charge in [-0.25, -0.2) is 0 Å². The van der Waals surface area contributed by atoms with Crippen molar-refractivity contribution in [2.45, 2.75) is 26.6 Å². The number of imide groups is 1. The molecule has 9 nitrogen and oxygen atoms in total. The Kier molecular flexibility index (Phi) is 7.88. The molecule has 0 spiro atoms. The molecule has 0 unspecified atom stereocenters. The van der Waals surface area contributed by atoms with Crippen molar-refractivity contribution in [2.24, 2.45) is 0 Å². The first-order chi connectivity index (χ1) is 15.6. The van der Waals surface area contributed by atoms with E-state index in [1.807, 2.05) is 0 Å². The summed E-state index contributed by atoms with van der Waals surface area (Å²) >= 11 is 4.11. The summed E-state index contributed by atoms with van der Waals surface area (Å²) in [5, 5.41) is 10.2. The molecule has 0 N–H and O–H groups in total. The lowest BCUT2D eigenvalue weighted by Gasteiger charge is -2.13. The number of benzene rings is 2. The zero-order chi connectivity index (χ0) is 24.1. The van der Waals surface area contributed by atoms with Crippen molar-refractivity contribution in [2.75, 3.05) is 6.54 Å². The lowest BCUT2D eigenvalue weighted by atomic mass is 10.1. The molecule has 2 aromatic carbocycles. The number of nitrogens with zero attached hydrogens (tertiary/aromatic N) is 2. The number of thioether (sulfide) groups is 1. The molecule has 2 aromatic rings. The number of carbonyl (C=O) groups is 3. The van der Waals surface area contributed by atoms with E-state index in [0.717, 1.165) is 26.7 Å². The zero-order valence-corrected chi connectivity index (χ0v) is 20.1. The normalized spacial score (nSPS) is 14.8. The molecule has 11 heteroatoms. The zero-order valence-electron chi connectivity index (χ0n) is 17.6. The van der Waals surface area contributed by atoms with Crippen LogP contribution in [-0.4, -0.2) is 39.6 Å². The van der Waals surface area contributed by atoms with Crippen LogP contribution in [0.2, 0.25) is 0 Å². The highest BCUT2D eigenvalue weighted by Crippen LogP contribution is 2.35. The van der Waals surface area contributed by atoms with Gasteiger partial charge in [0.15, 0.2) is 0 Å². The number of ether oxygens (including phenoxy) is 2. The maximum atomic E-state index is 12.7. The Morgan fingerprint density at radius 2 is 1.91 bits per heavy atom. The second-order valence-corrected chi connectivity index (χ2v) is 9.11. The van der Waals surface area contributed by atoms with Crippen LogP contribution in [0.5, 0.6) is 5.75 Å². The van der Waals surface area contributed by atoms with E-state index in [0.29, 0.717) is 11.3 Å². The van der Waals surface area contributed by atoms with E-state index >= 15 is 0 Å². The fourth-order valence-corrected chi connectivity index (χ4v) is 4.05. The minimum absolute atomic E-state index is 0.0175. The van der Waals surface area contributed by atoms with E-state index in [4.69, 9.17) is 9.47 Å². The van der Waals surface area contributed by atoms with Crippen LogP contribution in [0.4, 0.5) is 10.5 Å². The lowest BCUT2D eigenvalue weighted by Crippen LogP contribution is -2.35. The fourth-order valence-electron chi connectivity index (χ4n) is 2.85. The maximum absolute atomic E-state index is 12.7. The Morgan fingerprint density at radius 3 is 2.55 bits per heavy atom. The van der Waals surface area contributed by atoms with Gasteiger partial charge in [-0.2, -0.15) is 0 Å². The van der Waals surface area contributed by atoms with Gasteiger partial charge in [0.25, 0.3) is 16.8 Å². The van der Waals surface area contributed by atoms with Crippen LogP contribution in [0.25, 0.3) is 6.08 Å². The number of non-ortho nitro benzene ring substituents is 1. The van der Waals surface area contributed by atoms with Gasteiger partial charge in [0, 0.05) is 22.2 Å². The van der Waals surface area contributed by atoms with Gasteiger partial charge in [-0.05, 0) is 67.6 Å². The Bertz CT molecular complexity index is 1130. The molecule has 0 aliphatic carbocycles. The van der Waals surface area contributed by atoms with Crippen molar-refractivity contribution in [3.63, 3.8) is 0 Å². The van der Waals surface area contributed by atoms with Crippen LogP contribution in [0.3, 0.4) is 0 Å². The van der Waals surface area contributed by atoms with Crippen molar-refractivity contribution < 1.29 is 28.8 Å². The Hall–Kier alpha value is -3.18. The quantitative estimate of drug-likeness (QED) is 0.202. The van der Waals surface area contributed by atoms with E-state index < -0.39 is 28.6 Å². The van der Waals surface area contributed by atoms with Crippen LogP contribution in [-0.2, 0) is 20.9 Å². The monoisotopic (exact) mass is 534 g/mol. The fraction of sp³-hybridized carbons (Fsp3) is 0.227. The standard InChI is InChI=1S/C22H19BrN2O7S/c1-13(2)32-20(26)11-24-21(27)19(33-22(24)28)10-15-9-16(23)5-8-18(15)31-12-14-3-6-17(7-4-14)25(29)30/h3-10,13H,11-12H2,1-2H3/b19-10+. The van der Waals surface area contributed by atoms with Crippen molar-refractivity contribution in [1.29, 1.82) is 0 Å². The number of amides is 2. The average molecular weight is 535 g/mol. The third-order valence-electron chi connectivity index (χ3n) is 4.33. The molecule has 0 aromatic heterocycles. The number of hydrogen-bond acceptors (Lipinski definition) is 8. The minimum atomic E-state index is -0.664. The molecule has 0 bridgehead atoms. The van der Waals surface area contributed by atoms with Crippen molar-refractivity contribution in [3.8, 4) is 5.75 Å². The predicted octanol–water partition coefficient (Wildman–Crippen LogP) is 4.92. The number of nitro groups is 1. The Labute approximate surface area is 202 Å². The molecule has 1 aliphatic rings. The molecule has 1 aliphatic heterocycles. The predicted molar refractivity (Wildman–Crippen MR) is 125 cm³/mol. The summed E-state index contributed by atoms with van der Waals surface area (Å²) in [7, 11) is 0. The molecule has 3 rings (SSSR count). The number of esters is 1. The van der Waals surface area contributed by atoms with E-state index in [-0.39, 0.29) is 23.3 Å². The summed E-state index contributed by atoms with van der Waals surface area (Å²) in [5.41, 5.74) is 1.25. The summed E-state index contributed by atoms with van der Waals surface area (Å²) in [4.78, 5) is 48.2. The van der Waals surface area contributed by atoms with Gasteiger partial charge in [-0.1, -0.05) is 15.9 Å². The maximum Gasteiger partial charge on any atom is 0.326 e. The van der Waals surface area contributed by atoms with E-state index in [9.17, 15) is 24.5 Å². The first-order valence-corrected chi connectivity index (χ1v) is 11.4. The van der Waals surface area contributed by atoms with Gasteiger partial charge in [-0.3, -0.25) is 29.4 Å². The highest BCUT2D eigenvalue weighted by molar-refractivity contribution is 9.10. The molecule has 172 valence electrons. The van der Waals surface area contributed by atoms with Crippen LogP contribution in [0.15, 0.2) is 51.8 Å². The lowest BCUT2D eigenvalue weighted by molar-refractivity contribution is -0.384. The third kappa shape index (κ3) is 6.42. The molecule has 33 heavy (non-hydrogen) atoms. The van der Waals surface area contributed by atoms with Crippen molar-refractivity contribution in [3.05, 3.63) is 73.1 Å². The van der Waals surface area contributed by atoms with Gasteiger partial charge in [0.05, 0.1) is 15.9 Å². The Balaban J connectivity index is 1.77. The molecular weight excluding hydrogens is 516 g/mol. The molecule has 1 saturated heterocycles. The molecular formula is C22H19BrN2O7S. The first kappa shape index (κ1) is 24.5. The molecule has 0 saturated carbocycles. The number of hydrogen-bond donors (Lipinski definition) is 0. The summed E-state index contributed by atoms with van der Waals surface area (Å²) in [6, 6.07) is 11.2. The van der Waals surface area contributed by atoms with Crippen LogP contribution >= 0.6 is 27.7 Å². The van der Waals surface area contributed by atoms with Gasteiger partial charge in [-0.15, -0.1) is 0 Å². The van der Waals surface area contributed by atoms with Crippen molar-refractivity contribution >= 4 is 56.6 Å². The SMILES string of the molecule is CC(C)OC(=O)CN1C(=O)S/C(=C/c2cc(Br)ccc2OCc2ccc([N+](=O)[O-])cc2)C1=O. The molecule has 1 heterocycles.